The lowest BCUT2D eigenvalue weighted by Crippen LogP contribution is -2.42. The van der Waals surface area contributed by atoms with Crippen molar-refractivity contribution in [1.82, 2.24) is 25.5 Å². The molecular formula is C18H25N5O. The smallest absolute Gasteiger partial charge is 0.243 e. The second-order valence-corrected chi connectivity index (χ2v) is 6.63. The van der Waals surface area contributed by atoms with Gasteiger partial charge in [0.1, 0.15) is 6.54 Å². The molecule has 0 aliphatic heterocycles. The zero-order valence-electron chi connectivity index (χ0n) is 14.4. The van der Waals surface area contributed by atoms with Crippen molar-refractivity contribution in [3.8, 4) is 11.4 Å². The van der Waals surface area contributed by atoms with E-state index in [1.54, 1.807) is 0 Å². The van der Waals surface area contributed by atoms with Gasteiger partial charge in [-0.2, -0.15) is 4.80 Å². The molecule has 1 heterocycles. The third-order valence-corrected chi connectivity index (χ3v) is 4.82. The highest BCUT2D eigenvalue weighted by Crippen LogP contribution is 2.23. The van der Waals surface area contributed by atoms with Crippen LogP contribution in [0.25, 0.3) is 11.4 Å². The van der Waals surface area contributed by atoms with Crippen molar-refractivity contribution < 1.29 is 4.79 Å². The summed E-state index contributed by atoms with van der Waals surface area (Å²) in [6.45, 7) is 4.44. The van der Waals surface area contributed by atoms with Crippen LogP contribution in [-0.2, 0) is 17.8 Å². The number of nitrogens with one attached hydrogen (secondary N) is 1. The number of amides is 1. The topological polar surface area (TPSA) is 72.7 Å². The van der Waals surface area contributed by atoms with Gasteiger partial charge in [0.05, 0.1) is 0 Å². The van der Waals surface area contributed by atoms with Crippen molar-refractivity contribution in [3.63, 3.8) is 0 Å². The highest BCUT2D eigenvalue weighted by Gasteiger charge is 2.23. The van der Waals surface area contributed by atoms with Crippen LogP contribution >= 0.6 is 0 Å². The van der Waals surface area contributed by atoms with Gasteiger partial charge in [0.15, 0.2) is 0 Å². The molecule has 6 heteroatoms. The van der Waals surface area contributed by atoms with Crippen LogP contribution in [0.15, 0.2) is 24.3 Å². The second kappa shape index (κ2) is 7.55. The fourth-order valence-corrected chi connectivity index (χ4v) is 3.23. The summed E-state index contributed by atoms with van der Waals surface area (Å²) < 4.78 is 0. The Labute approximate surface area is 142 Å². The normalized spacial score (nSPS) is 20.8. The van der Waals surface area contributed by atoms with E-state index in [0.29, 0.717) is 11.7 Å². The predicted molar refractivity (Wildman–Crippen MR) is 92.2 cm³/mol. The summed E-state index contributed by atoms with van der Waals surface area (Å²) in [4.78, 5) is 13.6. The molecule has 0 bridgehead atoms. The third kappa shape index (κ3) is 3.99. The van der Waals surface area contributed by atoms with E-state index in [0.717, 1.165) is 18.4 Å². The quantitative estimate of drug-likeness (QED) is 0.916. The fourth-order valence-electron chi connectivity index (χ4n) is 3.23. The summed E-state index contributed by atoms with van der Waals surface area (Å²) in [5.41, 5.74) is 2.19. The van der Waals surface area contributed by atoms with E-state index in [-0.39, 0.29) is 18.5 Å². The number of nitrogens with zero attached hydrogens (tertiary/aromatic N) is 4. The van der Waals surface area contributed by atoms with Gasteiger partial charge in [-0.25, -0.2) is 0 Å². The van der Waals surface area contributed by atoms with E-state index in [1.807, 2.05) is 12.1 Å². The number of hydrogen-bond donors (Lipinski definition) is 1. The van der Waals surface area contributed by atoms with Gasteiger partial charge in [0.2, 0.25) is 11.7 Å². The Morgan fingerprint density at radius 1 is 1.25 bits per heavy atom. The molecule has 1 aliphatic carbocycles. The summed E-state index contributed by atoms with van der Waals surface area (Å²) in [5.74, 6) is 1.05. The van der Waals surface area contributed by atoms with Crippen LogP contribution in [-0.4, -0.2) is 32.2 Å². The molecule has 128 valence electrons. The number of aromatic nitrogens is 4. The molecule has 1 aromatic heterocycles. The zero-order chi connectivity index (χ0) is 16.9. The number of rotatable bonds is 5. The maximum Gasteiger partial charge on any atom is 0.243 e. The van der Waals surface area contributed by atoms with Crippen molar-refractivity contribution in [2.75, 3.05) is 0 Å². The first kappa shape index (κ1) is 16.6. The number of tetrazole rings is 1. The van der Waals surface area contributed by atoms with Crippen LogP contribution in [0.5, 0.6) is 0 Å². The lowest BCUT2D eigenvalue weighted by Gasteiger charge is -2.29. The summed E-state index contributed by atoms with van der Waals surface area (Å²) in [6, 6.07) is 8.38. The third-order valence-electron chi connectivity index (χ3n) is 4.82. The molecule has 0 unspecified atom stereocenters. The highest BCUT2D eigenvalue weighted by molar-refractivity contribution is 5.75. The minimum absolute atomic E-state index is 0.0426. The highest BCUT2D eigenvalue weighted by atomic mass is 16.2. The Kier molecular flexibility index (Phi) is 5.23. The van der Waals surface area contributed by atoms with Crippen molar-refractivity contribution in [2.24, 2.45) is 5.92 Å². The first-order valence-corrected chi connectivity index (χ1v) is 8.82. The van der Waals surface area contributed by atoms with E-state index in [2.05, 4.69) is 46.7 Å². The standard InChI is InChI=1S/C18H25N5O/c1-3-14-8-10-15(11-9-14)18-20-22-23(21-18)12-17(24)19-16-7-5-4-6-13(16)2/h8-11,13,16H,3-7,12H2,1-2H3,(H,19,24)/t13-,16+/m0/s1. The first-order chi connectivity index (χ1) is 11.7. The van der Waals surface area contributed by atoms with Gasteiger partial charge < -0.3 is 5.32 Å². The molecule has 3 rings (SSSR count). The van der Waals surface area contributed by atoms with Gasteiger partial charge in [-0.3, -0.25) is 4.79 Å². The monoisotopic (exact) mass is 327 g/mol. The number of benzene rings is 1. The lowest BCUT2D eigenvalue weighted by atomic mass is 9.86. The Bertz CT molecular complexity index is 679. The van der Waals surface area contributed by atoms with Gasteiger partial charge in [-0.05, 0) is 36.0 Å². The van der Waals surface area contributed by atoms with E-state index in [1.165, 1.54) is 29.6 Å². The van der Waals surface area contributed by atoms with Crippen LogP contribution in [0.2, 0.25) is 0 Å². The molecule has 1 aromatic carbocycles. The largest absolute Gasteiger partial charge is 0.351 e. The number of hydrogen-bond acceptors (Lipinski definition) is 4. The average molecular weight is 327 g/mol. The molecule has 2 atom stereocenters. The van der Waals surface area contributed by atoms with Crippen LogP contribution in [0.3, 0.4) is 0 Å². The molecule has 0 spiro atoms. The second-order valence-electron chi connectivity index (χ2n) is 6.63. The molecule has 0 radical (unpaired) electrons. The van der Waals surface area contributed by atoms with Crippen molar-refractivity contribution in [2.45, 2.75) is 58.5 Å². The lowest BCUT2D eigenvalue weighted by molar-refractivity contribution is -0.123. The van der Waals surface area contributed by atoms with Crippen molar-refractivity contribution in [1.29, 1.82) is 0 Å². The molecule has 1 fully saturated rings. The van der Waals surface area contributed by atoms with Gasteiger partial charge in [-0.1, -0.05) is 51.0 Å². The predicted octanol–water partition coefficient (Wildman–Crippen LogP) is 2.60. The zero-order valence-corrected chi connectivity index (χ0v) is 14.4. The molecular weight excluding hydrogens is 302 g/mol. The Hall–Kier alpha value is -2.24. The van der Waals surface area contributed by atoms with Gasteiger partial charge in [-0.15, -0.1) is 10.2 Å². The molecule has 2 aromatic rings. The van der Waals surface area contributed by atoms with Crippen LogP contribution in [0.1, 0.15) is 45.1 Å². The van der Waals surface area contributed by atoms with Gasteiger partial charge >= 0.3 is 0 Å². The van der Waals surface area contributed by atoms with Crippen LogP contribution in [0, 0.1) is 5.92 Å². The fraction of sp³-hybridized carbons (Fsp3) is 0.556. The molecule has 1 amide bonds. The Balaban J connectivity index is 1.59. The molecule has 6 nitrogen and oxygen atoms in total. The van der Waals surface area contributed by atoms with Crippen molar-refractivity contribution in [3.05, 3.63) is 29.8 Å². The molecule has 1 N–H and O–H groups in total. The van der Waals surface area contributed by atoms with E-state index in [9.17, 15) is 4.79 Å². The van der Waals surface area contributed by atoms with Gasteiger partial charge in [0, 0.05) is 11.6 Å². The summed E-state index contributed by atoms with van der Waals surface area (Å²) >= 11 is 0. The van der Waals surface area contributed by atoms with Crippen LogP contribution < -0.4 is 5.32 Å². The maximum atomic E-state index is 12.2. The summed E-state index contributed by atoms with van der Waals surface area (Å²) in [6.07, 6.45) is 5.70. The Morgan fingerprint density at radius 2 is 2.00 bits per heavy atom. The number of carbonyl (C=O) groups is 1. The number of carbonyl (C=O) groups excluding carboxylic acids is 1. The minimum atomic E-state index is -0.0426. The minimum Gasteiger partial charge on any atom is -0.351 e. The first-order valence-electron chi connectivity index (χ1n) is 8.82. The SMILES string of the molecule is CCc1ccc(-c2nnn(CC(=O)N[C@@H]3CCCC[C@@H]3C)n2)cc1. The maximum absolute atomic E-state index is 12.2. The Morgan fingerprint density at radius 3 is 2.71 bits per heavy atom. The molecule has 1 saturated carbocycles. The molecule has 24 heavy (non-hydrogen) atoms. The van der Waals surface area contributed by atoms with E-state index in [4.69, 9.17) is 0 Å². The van der Waals surface area contributed by atoms with Crippen LogP contribution in [0.4, 0.5) is 0 Å². The molecule has 0 saturated heterocycles. The number of aryl methyl sites for hydroxylation is 1. The van der Waals surface area contributed by atoms with Gasteiger partial charge in [0.25, 0.3) is 0 Å². The summed E-state index contributed by atoms with van der Waals surface area (Å²) in [5, 5.41) is 15.5. The van der Waals surface area contributed by atoms with E-state index < -0.39 is 0 Å². The van der Waals surface area contributed by atoms with Crippen molar-refractivity contribution >= 4 is 5.91 Å². The van der Waals surface area contributed by atoms with E-state index >= 15 is 0 Å². The average Bonchev–Trinajstić information content (AvgIpc) is 3.05. The molecule has 1 aliphatic rings. The summed E-state index contributed by atoms with van der Waals surface area (Å²) in [7, 11) is 0.